The number of carboxylic acid groups (broad SMARTS) is 1. The molecule has 0 bridgehead atoms. The third-order valence-corrected chi connectivity index (χ3v) is 6.97. The van der Waals surface area contributed by atoms with Crippen LogP contribution in [0, 0.1) is 0 Å². The van der Waals surface area contributed by atoms with E-state index in [1.807, 2.05) is 24.3 Å². The smallest absolute Gasteiger partial charge is 0.407 e. The lowest BCUT2D eigenvalue weighted by molar-refractivity contribution is -0.00519. The van der Waals surface area contributed by atoms with Gasteiger partial charge in [-0.25, -0.2) is 4.79 Å². The van der Waals surface area contributed by atoms with Gasteiger partial charge in [-0.15, -0.1) is 0 Å². The predicted molar refractivity (Wildman–Crippen MR) is 124 cm³/mol. The Labute approximate surface area is 190 Å². The number of carbonyl (C=O) groups is 1. The first-order chi connectivity index (χ1) is 15.6. The van der Waals surface area contributed by atoms with Crippen molar-refractivity contribution in [3.8, 4) is 5.75 Å². The van der Waals surface area contributed by atoms with Crippen LogP contribution in [0.1, 0.15) is 49.1 Å². The van der Waals surface area contributed by atoms with Crippen molar-refractivity contribution in [1.29, 1.82) is 0 Å². The van der Waals surface area contributed by atoms with E-state index in [1.54, 1.807) is 12.0 Å². The molecule has 0 aromatic heterocycles. The van der Waals surface area contributed by atoms with E-state index in [0.29, 0.717) is 25.6 Å². The van der Waals surface area contributed by atoms with Crippen LogP contribution in [-0.4, -0.2) is 54.5 Å². The lowest BCUT2D eigenvalue weighted by Gasteiger charge is -2.32. The number of rotatable bonds is 8. The monoisotopic (exact) mass is 438 g/mol. The van der Waals surface area contributed by atoms with Crippen LogP contribution in [0.3, 0.4) is 0 Å². The number of ether oxygens (including phenoxy) is 2. The van der Waals surface area contributed by atoms with Gasteiger partial charge < -0.3 is 24.8 Å². The summed E-state index contributed by atoms with van der Waals surface area (Å²) in [5.74, 6) is 1.44. The van der Waals surface area contributed by atoms with E-state index >= 15 is 0 Å². The molecule has 1 saturated heterocycles. The van der Waals surface area contributed by atoms with Crippen LogP contribution in [0.15, 0.2) is 54.6 Å². The second-order valence-corrected chi connectivity index (χ2v) is 8.89. The molecule has 0 unspecified atom stereocenters. The highest BCUT2D eigenvalue weighted by molar-refractivity contribution is 5.66. The topological polar surface area (TPSA) is 71.0 Å². The first-order valence-electron chi connectivity index (χ1n) is 11.7. The molecule has 0 radical (unpaired) electrons. The van der Waals surface area contributed by atoms with E-state index in [1.165, 1.54) is 5.56 Å². The van der Waals surface area contributed by atoms with Crippen molar-refractivity contribution in [1.82, 2.24) is 10.2 Å². The number of nitrogens with one attached hydrogen (secondary N) is 1. The van der Waals surface area contributed by atoms with Crippen LogP contribution < -0.4 is 10.1 Å². The highest BCUT2D eigenvalue weighted by atomic mass is 16.5. The summed E-state index contributed by atoms with van der Waals surface area (Å²) < 4.78 is 11.5. The van der Waals surface area contributed by atoms with Gasteiger partial charge in [0.15, 0.2) is 0 Å². The SMILES string of the molecule is COc1ccc(CN[C@@H]2CCN(C(=O)O)[C@@H]2COC2CCC(c3ccccc3)CC2)cc1. The maximum absolute atomic E-state index is 11.8. The van der Waals surface area contributed by atoms with Crippen molar-refractivity contribution in [2.45, 2.75) is 62.8 Å². The zero-order chi connectivity index (χ0) is 22.3. The molecule has 2 N–H and O–H groups in total. The Morgan fingerprint density at radius 1 is 1.03 bits per heavy atom. The Balaban J connectivity index is 1.28. The fourth-order valence-corrected chi connectivity index (χ4v) is 5.05. The maximum atomic E-state index is 11.8. The molecule has 2 fully saturated rings. The molecular formula is C26H34N2O4. The van der Waals surface area contributed by atoms with E-state index in [4.69, 9.17) is 9.47 Å². The van der Waals surface area contributed by atoms with E-state index in [2.05, 4.69) is 35.6 Å². The van der Waals surface area contributed by atoms with Crippen LogP contribution in [0.2, 0.25) is 0 Å². The highest BCUT2D eigenvalue weighted by Crippen LogP contribution is 2.34. The molecule has 32 heavy (non-hydrogen) atoms. The average Bonchev–Trinajstić information content (AvgIpc) is 3.26. The molecule has 2 aliphatic rings. The standard InChI is InChI=1S/C26H34N2O4/c1-31-22-11-7-19(8-12-22)17-27-24-15-16-28(26(29)30)25(24)18-32-23-13-9-21(10-14-23)20-5-3-2-4-6-20/h2-8,11-12,21,23-25,27H,9-10,13-18H2,1H3,(H,29,30)/t21?,23?,24-,25-/m1/s1. The fraction of sp³-hybridized carbons (Fsp3) is 0.500. The quantitative estimate of drug-likeness (QED) is 0.628. The van der Waals surface area contributed by atoms with Gasteiger partial charge in [0.1, 0.15) is 5.75 Å². The third kappa shape index (κ3) is 5.61. The molecule has 1 heterocycles. The van der Waals surface area contributed by atoms with Crippen molar-refractivity contribution in [3.05, 3.63) is 65.7 Å². The number of amides is 1. The third-order valence-electron chi connectivity index (χ3n) is 6.97. The van der Waals surface area contributed by atoms with E-state index < -0.39 is 6.09 Å². The average molecular weight is 439 g/mol. The molecule has 1 saturated carbocycles. The summed E-state index contributed by atoms with van der Waals surface area (Å²) in [5, 5.41) is 13.2. The highest BCUT2D eigenvalue weighted by Gasteiger charge is 2.37. The number of nitrogens with zero attached hydrogens (tertiary/aromatic N) is 1. The minimum Gasteiger partial charge on any atom is -0.497 e. The summed E-state index contributed by atoms with van der Waals surface area (Å²) in [5.41, 5.74) is 2.57. The molecule has 6 nitrogen and oxygen atoms in total. The number of methoxy groups -OCH3 is 1. The normalized spacial score (nSPS) is 25.6. The Hall–Kier alpha value is -2.57. The summed E-state index contributed by atoms with van der Waals surface area (Å²) in [6.07, 6.45) is 4.47. The molecule has 2 aromatic carbocycles. The Morgan fingerprint density at radius 3 is 2.41 bits per heavy atom. The number of hydrogen-bond donors (Lipinski definition) is 2. The number of likely N-dealkylation sites (tertiary alicyclic amines) is 1. The molecule has 2 aromatic rings. The van der Waals surface area contributed by atoms with Crippen molar-refractivity contribution >= 4 is 6.09 Å². The molecule has 2 atom stereocenters. The van der Waals surface area contributed by atoms with Gasteiger partial charge in [-0.1, -0.05) is 42.5 Å². The van der Waals surface area contributed by atoms with Crippen molar-refractivity contribution < 1.29 is 19.4 Å². The molecule has 172 valence electrons. The largest absolute Gasteiger partial charge is 0.497 e. The zero-order valence-electron chi connectivity index (χ0n) is 18.8. The summed E-state index contributed by atoms with van der Waals surface area (Å²) in [6.45, 7) is 1.69. The summed E-state index contributed by atoms with van der Waals surface area (Å²) in [6, 6.07) is 18.6. The van der Waals surface area contributed by atoms with Crippen LogP contribution >= 0.6 is 0 Å². The van der Waals surface area contributed by atoms with Crippen LogP contribution in [-0.2, 0) is 11.3 Å². The second kappa shape index (κ2) is 10.8. The summed E-state index contributed by atoms with van der Waals surface area (Å²) in [7, 11) is 1.66. The molecule has 4 rings (SSSR count). The number of benzene rings is 2. The molecule has 6 heteroatoms. The molecular weight excluding hydrogens is 404 g/mol. The van der Waals surface area contributed by atoms with Crippen LogP contribution in [0.5, 0.6) is 5.75 Å². The van der Waals surface area contributed by atoms with Crippen molar-refractivity contribution in [2.75, 3.05) is 20.3 Å². The maximum Gasteiger partial charge on any atom is 0.407 e. The van der Waals surface area contributed by atoms with E-state index in [-0.39, 0.29) is 18.2 Å². The summed E-state index contributed by atoms with van der Waals surface area (Å²) >= 11 is 0. The minimum atomic E-state index is -0.861. The van der Waals surface area contributed by atoms with Gasteiger partial charge in [0.2, 0.25) is 0 Å². The van der Waals surface area contributed by atoms with Gasteiger partial charge in [0, 0.05) is 19.1 Å². The Kier molecular flexibility index (Phi) is 7.66. The van der Waals surface area contributed by atoms with Gasteiger partial charge in [0.05, 0.1) is 25.9 Å². The fourth-order valence-electron chi connectivity index (χ4n) is 5.05. The van der Waals surface area contributed by atoms with Gasteiger partial charge in [-0.3, -0.25) is 0 Å². The molecule has 1 amide bonds. The van der Waals surface area contributed by atoms with Gasteiger partial charge in [0.25, 0.3) is 0 Å². The molecule has 0 spiro atoms. The van der Waals surface area contributed by atoms with Crippen molar-refractivity contribution in [2.24, 2.45) is 0 Å². The lowest BCUT2D eigenvalue weighted by atomic mass is 9.83. The summed E-state index contributed by atoms with van der Waals surface area (Å²) in [4.78, 5) is 13.3. The first kappa shape index (κ1) is 22.6. The van der Waals surface area contributed by atoms with Crippen LogP contribution in [0.4, 0.5) is 4.79 Å². The predicted octanol–water partition coefficient (Wildman–Crippen LogP) is 4.65. The Morgan fingerprint density at radius 2 is 1.75 bits per heavy atom. The van der Waals surface area contributed by atoms with E-state index in [0.717, 1.165) is 43.4 Å². The number of hydrogen-bond acceptors (Lipinski definition) is 4. The second-order valence-electron chi connectivity index (χ2n) is 8.89. The van der Waals surface area contributed by atoms with Crippen LogP contribution in [0.25, 0.3) is 0 Å². The first-order valence-corrected chi connectivity index (χ1v) is 11.7. The van der Waals surface area contributed by atoms with Gasteiger partial charge >= 0.3 is 6.09 Å². The molecule has 1 aliphatic heterocycles. The van der Waals surface area contributed by atoms with E-state index in [9.17, 15) is 9.90 Å². The Bertz CT molecular complexity index is 850. The molecule has 1 aliphatic carbocycles. The lowest BCUT2D eigenvalue weighted by Crippen LogP contribution is -2.47. The minimum absolute atomic E-state index is 0.0915. The van der Waals surface area contributed by atoms with Gasteiger partial charge in [-0.05, 0) is 61.3 Å². The zero-order valence-corrected chi connectivity index (χ0v) is 18.8. The van der Waals surface area contributed by atoms with Crippen molar-refractivity contribution in [3.63, 3.8) is 0 Å². The van der Waals surface area contributed by atoms with Gasteiger partial charge in [-0.2, -0.15) is 0 Å².